The van der Waals surface area contributed by atoms with E-state index < -0.39 is 26.6 Å². The maximum absolute atomic E-state index is 13.3. The molecule has 152 valence electrons. The number of anilines is 1. The van der Waals surface area contributed by atoms with Gasteiger partial charge in [-0.25, -0.2) is 32.2 Å². The van der Waals surface area contributed by atoms with Gasteiger partial charge in [0.2, 0.25) is 5.88 Å². The molecular formula is C19H13F2N5O3S. The minimum Gasteiger partial charge on any atom is -0.439 e. The largest absolute Gasteiger partial charge is 0.439 e. The van der Waals surface area contributed by atoms with E-state index >= 15 is 0 Å². The Morgan fingerprint density at radius 1 is 0.967 bits per heavy atom. The first kappa shape index (κ1) is 19.5. The summed E-state index contributed by atoms with van der Waals surface area (Å²) in [4.78, 5) is 11.6. The van der Waals surface area contributed by atoms with E-state index in [1.54, 1.807) is 29.4 Å². The average molecular weight is 429 g/mol. The van der Waals surface area contributed by atoms with Crippen LogP contribution < -0.4 is 9.46 Å². The van der Waals surface area contributed by atoms with Crippen molar-refractivity contribution in [3.05, 3.63) is 85.2 Å². The molecule has 0 unspecified atom stereocenters. The standard InChI is InChI=1S/C19H13F2N5O3S/c20-13-7-14(21)9-17(8-13)30(27,28)25-15-1-3-16(4-2-15)29-19-10-18(23-11-24-19)26-6-5-22-12-26/h1-12,25H. The fourth-order valence-corrected chi connectivity index (χ4v) is 3.63. The second kappa shape index (κ2) is 7.87. The second-order valence-electron chi connectivity index (χ2n) is 6.02. The molecule has 0 aliphatic rings. The first-order chi connectivity index (χ1) is 14.4. The maximum Gasteiger partial charge on any atom is 0.262 e. The first-order valence-corrected chi connectivity index (χ1v) is 9.95. The van der Waals surface area contributed by atoms with Gasteiger partial charge in [-0.15, -0.1) is 0 Å². The van der Waals surface area contributed by atoms with Crippen LogP contribution in [0, 0.1) is 11.6 Å². The van der Waals surface area contributed by atoms with Crippen molar-refractivity contribution in [3.8, 4) is 17.4 Å². The lowest BCUT2D eigenvalue weighted by atomic mass is 10.3. The Balaban J connectivity index is 1.49. The molecule has 30 heavy (non-hydrogen) atoms. The quantitative estimate of drug-likeness (QED) is 0.503. The Hall–Kier alpha value is -3.86. The Bertz CT molecular complexity index is 1260. The predicted molar refractivity (Wildman–Crippen MR) is 103 cm³/mol. The molecule has 0 radical (unpaired) electrons. The van der Waals surface area contributed by atoms with E-state index in [9.17, 15) is 17.2 Å². The number of nitrogens with zero attached hydrogens (tertiary/aromatic N) is 4. The number of nitrogens with one attached hydrogen (secondary N) is 1. The van der Waals surface area contributed by atoms with Gasteiger partial charge in [-0.3, -0.25) is 9.29 Å². The fourth-order valence-electron chi connectivity index (χ4n) is 2.53. The monoisotopic (exact) mass is 429 g/mol. The van der Waals surface area contributed by atoms with Crippen LogP contribution >= 0.6 is 0 Å². The predicted octanol–water partition coefficient (Wildman–Crippen LogP) is 3.53. The third-order valence-corrected chi connectivity index (χ3v) is 5.23. The molecule has 0 amide bonds. The van der Waals surface area contributed by atoms with Crippen molar-refractivity contribution < 1.29 is 21.9 Å². The molecule has 4 aromatic rings. The lowest BCUT2D eigenvalue weighted by Gasteiger charge is -2.10. The number of imidazole rings is 1. The van der Waals surface area contributed by atoms with E-state index in [4.69, 9.17) is 4.74 Å². The molecule has 4 rings (SSSR count). The van der Waals surface area contributed by atoms with E-state index in [1.165, 1.54) is 30.6 Å². The molecule has 2 aromatic carbocycles. The van der Waals surface area contributed by atoms with E-state index in [-0.39, 0.29) is 11.6 Å². The third-order valence-electron chi connectivity index (χ3n) is 3.87. The summed E-state index contributed by atoms with van der Waals surface area (Å²) in [6.07, 6.45) is 6.25. The molecule has 0 fully saturated rings. The van der Waals surface area contributed by atoms with Crippen LogP contribution in [0.15, 0.2) is 78.5 Å². The Kier molecular flexibility index (Phi) is 5.11. The van der Waals surface area contributed by atoms with Crippen molar-refractivity contribution in [3.63, 3.8) is 0 Å². The van der Waals surface area contributed by atoms with Crippen molar-refractivity contribution in [2.24, 2.45) is 0 Å². The number of hydrogen-bond donors (Lipinski definition) is 1. The van der Waals surface area contributed by atoms with Crippen LogP contribution in [-0.2, 0) is 10.0 Å². The highest BCUT2D eigenvalue weighted by Crippen LogP contribution is 2.24. The first-order valence-electron chi connectivity index (χ1n) is 8.46. The van der Waals surface area contributed by atoms with Gasteiger partial charge in [0.25, 0.3) is 10.0 Å². The van der Waals surface area contributed by atoms with Gasteiger partial charge in [-0.1, -0.05) is 0 Å². The molecule has 0 saturated heterocycles. The van der Waals surface area contributed by atoms with Crippen molar-refractivity contribution in [2.75, 3.05) is 4.72 Å². The molecule has 0 aliphatic carbocycles. The molecule has 0 atom stereocenters. The van der Waals surface area contributed by atoms with Crippen molar-refractivity contribution >= 4 is 15.7 Å². The van der Waals surface area contributed by atoms with Crippen LogP contribution in [-0.4, -0.2) is 27.9 Å². The van der Waals surface area contributed by atoms with E-state index in [0.717, 1.165) is 12.1 Å². The summed E-state index contributed by atoms with van der Waals surface area (Å²) in [6, 6.07) is 9.59. The molecule has 1 N–H and O–H groups in total. The van der Waals surface area contributed by atoms with Gasteiger partial charge in [0.05, 0.1) is 4.90 Å². The summed E-state index contributed by atoms with van der Waals surface area (Å²) in [5.41, 5.74) is 0.189. The normalized spacial score (nSPS) is 11.3. The number of halogens is 2. The van der Waals surface area contributed by atoms with E-state index in [1.807, 2.05) is 0 Å². The highest BCUT2D eigenvalue weighted by Gasteiger charge is 2.17. The topological polar surface area (TPSA) is 99.0 Å². The summed E-state index contributed by atoms with van der Waals surface area (Å²) >= 11 is 0. The molecule has 0 aliphatic heterocycles. The van der Waals surface area contributed by atoms with E-state index in [2.05, 4.69) is 19.7 Å². The number of sulfonamides is 1. The third kappa shape index (κ3) is 4.41. The average Bonchev–Trinajstić information content (AvgIpc) is 3.24. The van der Waals surface area contributed by atoms with Gasteiger partial charge in [0.1, 0.15) is 35.9 Å². The Morgan fingerprint density at radius 3 is 2.37 bits per heavy atom. The molecule has 8 nitrogen and oxygen atoms in total. The summed E-state index contributed by atoms with van der Waals surface area (Å²) in [6.45, 7) is 0. The van der Waals surface area contributed by atoms with Gasteiger partial charge < -0.3 is 4.74 Å². The minimum absolute atomic E-state index is 0.189. The van der Waals surface area contributed by atoms with Gasteiger partial charge >= 0.3 is 0 Å². The van der Waals surface area contributed by atoms with Crippen molar-refractivity contribution in [1.29, 1.82) is 0 Å². The van der Waals surface area contributed by atoms with Gasteiger partial charge in [-0.2, -0.15) is 0 Å². The Morgan fingerprint density at radius 2 is 1.70 bits per heavy atom. The van der Waals surface area contributed by atoms with Gasteiger partial charge in [-0.05, 0) is 36.4 Å². The number of hydrogen-bond acceptors (Lipinski definition) is 6. The smallest absolute Gasteiger partial charge is 0.262 e. The molecule has 0 spiro atoms. The highest BCUT2D eigenvalue weighted by atomic mass is 32.2. The molecule has 11 heteroatoms. The summed E-state index contributed by atoms with van der Waals surface area (Å²) in [5, 5.41) is 0. The SMILES string of the molecule is O=S(=O)(Nc1ccc(Oc2cc(-n3ccnc3)ncn2)cc1)c1cc(F)cc(F)c1. The molecule has 0 saturated carbocycles. The van der Waals surface area contributed by atoms with Gasteiger partial charge in [0, 0.05) is 30.2 Å². The number of aromatic nitrogens is 4. The van der Waals surface area contributed by atoms with Crippen LogP contribution in [0.4, 0.5) is 14.5 Å². The van der Waals surface area contributed by atoms with E-state index in [0.29, 0.717) is 17.6 Å². The van der Waals surface area contributed by atoms with Crippen molar-refractivity contribution in [1.82, 2.24) is 19.5 Å². The van der Waals surface area contributed by atoms with Crippen LogP contribution in [0.1, 0.15) is 0 Å². The number of rotatable bonds is 6. The molecule has 2 heterocycles. The zero-order valence-corrected chi connectivity index (χ0v) is 15.9. The van der Waals surface area contributed by atoms with Crippen LogP contribution in [0.2, 0.25) is 0 Å². The maximum atomic E-state index is 13.3. The van der Waals surface area contributed by atoms with Crippen LogP contribution in [0.5, 0.6) is 11.6 Å². The number of benzene rings is 2. The molecular weight excluding hydrogens is 416 g/mol. The zero-order valence-electron chi connectivity index (χ0n) is 15.1. The Labute approximate surface area is 169 Å². The van der Waals surface area contributed by atoms with Crippen molar-refractivity contribution in [2.45, 2.75) is 4.90 Å². The lowest BCUT2D eigenvalue weighted by Crippen LogP contribution is -2.13. The lowest BCUT2D eigenvalue weighted by molar-refractivity contribution is 0.461. The summed E-state index contributed by atoms with van der Waals surface area (Å²) in [7, 11) is -4.16. The van der Waals surface area contributed by atoms with Crippen LogP contribution in [0.3, 0.4) is 0 Å². The van der Waals surface area contributed by atoms with Crippen LogP contribution in [0.25, 0.3) is 5.82 Å². The summed E-state index contributed by atoms with van der Waals surface area (Å²) < 4.78 is 60.9. The fraction of sp³-hybridized carbons (Fsp3) is 0. The summed E-state index contributed by atoms with van der Waals surface area (Å²) in [5.74, 6) is -0.746. The molecule has 2 aromatic heterocycles. The zero-order chi connectivity index (χ0) is 21.1. The minimum atomic E-state index is -4.16. The second-order valence-corrected chi connectivity index (χ2v) is 7.70. The highest BCUT2D eigenvalue weighted by molar-refractivity contribution is 7.92. The number of ether oxygens (including phenoxy) is 1. The van der Waals surface area contributed by atoms with Gasteiger partial charge in [0.15, 0.2) is 0 Å². The molecule has 0 bridgehead atoms.